The number of aromatic nitrogens is 2. The van der Waals surface area contributed by atoms with Gasteiger partial charge in [-0.05, 0) is 22.9 Å². The lowest BCUT2D eigenvalue weighted by Gasteiger charge is -2.09. The summed E-state index contributed by atoms with van der Waals surface area (Å²) in [6, 6.07) is 0.277. The molecule has 0 aromatic carbocycles. The van der Waals surface area contributed by atoms with Gasteiger partial charge in [-0.2, -0.15) is 9.97 Å². The van der Waals surface area contributed by atoms with Crippen LogP contribution >= 0.6 is 15.9 Å². The maximum atomic E-state index is 5.37. The van der Waals surface area contributed by atoms with Gasteiger partial charge < -0.3 is 9.47 Å². The summed E-state index contributed by atoms with van der Waals surface area (Å²) in [5.74, 6) is 0.450. The summed E-state index contributed by atoms with van der Waals surface area (Å²) in [5, 5.41) is 0. The molecule has 0 unspecified atom stereocenters. The molecule has 0 atom stereocenters. The van der Waals surface area contributed by atoms with Crippen LogP contribution in [0.15, 0.2) is 29.8 Å². The zero-order chi connectivity index (χ0) is 12.0. The van der Waals surface area contributed by atoms with Crippen molar-refractivity contribution in [3.63, 3.8) is 0 Å². The molecule has 4 nitrogen and oxygen atoms in total. The first-order valence-electron chi connectivity index (χ1n) is 4.70. The van der Waals surface area contributed by atoms with Crippen molar-refractivity contribution in [2.75, 3.05) is 13.2 Å². The van der Waals surface area contributed by atoms with E-state index in [9.17, 15) is 0 Å². The van der Waals surface area contributed by atoms with Crippen LogP contribution in [0.2, 0.25) is 0 Å². The molecule has 0 N–H and O–H groups in total. The molecule has 0 aliphatic rings. The molecule has 0 amide bonds. The van der Waals surface area contributed by atoms with Gasteiger partial charge in [0, 0.05) is 0 Å². The highest BCUT2D eigenvalue weighted by Crippen LogP contribution is 2.27. The monoisotopic (exact) mass is 284 g/mol. The number of hydrogen-bond donors (Lipinski definition) is 0. The van der Waals surface area contributed by atoms with Gasteiger partial charge in [0.05, 0.1) is 5.69 Å². The molecule has 0 fully saturated rings. The van der Waals surface area contributed by atoms with Crippen molar-refractivity contribution in [2.45, 2.75) is 6.92 Å². The average Bonchev–Trinajstić information content (AvgIpc) is 2.28. The van der Waals surface area contributed by atoms with Crippen LogP contribution in [0.1, 0.15) is 5.69 Å². The van der Waals surface area contributed by atoms with Crippen molar-refractivity contribution in [2.24, 2.45) is 0 Å². The Bertz CT molecular complexity index is 394. The fraction of sp³-hybridized carbons (Fsp3) is 0.273. The molecule has 0 saturated carbocycles. The van der Waals surface area contributed by atoms with E-state index in [0.29, 0.717) is 19.1 Å². The lowest BCUT2D eigenvalue weighted by atomic mass is 10.4. The summed E-state index contributed by atoms with van der Waals surface area (Å²) in [4.78, 5) is 8.26. The zero-order valence-corrected chi connectivity index (χ0v) is 10.7. The second-order valence-corrected chi connectivity index (χ2v) is 3.70. The molecule has 1 heterocycles. The third kappa shape index (κ3) is 3.34. The lowest BCUT2D eigenvalue weighted by Crippen LogP contribution is -2.04. The lowest BCUT2D eigenvalue weighted by molar-refractivity contribution is 0.305. The Morgan fingerprint density at radius 1 is 1.19 bits per heavy atom. The molecule has 1 aromatic rings. The topological polar surface area (TPSA) is 44.2 Å². The average molecular weight is 285 g/mol. The Kier molecular flexibility index (Phi) is 4.98. The summed E-state index contributed by atoms with van der Waals surface area (Å²) in [7, 11) is 0. The molecule has 0 spiro atoms. The van der Waals surface area contributed by atoms with E-state index >= 15 is 0 Å². The van der Waals surface area contributed by atoms with Gasteiger partial charge in [-0.3, -0.25) is 0 Å². The third-order valence-corrected chi connectivity index (χ3v) is 2.55. The van der Waals surface area contributed by atoms with Crippen molar-refractivity contribution in [3.8, 4) is 11.9 Å². The fourth-order valence-electron chi connectivity index (χ4n) is 0.940. The minimum Gasteiger partial charge on any atom is -0.472 e. The minimum absolute atomic E-state index is 0.277. The highest BCUT2D eigenvalue weighted by Gasteiger charge is 2.10. The van der Waals surface area contributed by atoms with Crippen LogP contribution in [-0.4, -0.2) is 23.2 Å². The Labute approximate surface area is 103 Å². The van der Waals surface area contributed by atoms with Crippen molar-refractivity contribution < 1.29 is 9.47 Å². The first-order valence-corrected chi connectivity index (χ1v) is 5.49. The van der Waals surface area contributed by atoms with E-state index in [1.807, 2.05) is 6.92 Å². The Hall–Kier alpha value is -1.36. The summed E-state index contributed by atoms with van der Waals surface area (Å²) < 4.78 is 11.3. The van der Waals surface area contributed by atoms with E-state index in [4.69, 9.17) is 9.47 Å². The molecular formula is C11H13BrN2O2. The highest BCUT2D eigenvalue weighted by atomic mass is 79.9. The molecular weight excluding hydrogens is 272 g/mol. The SMILES string of the molecule is C=CCOc1nc(C)c(Br)c(OCC=C)n1. The first kappa shape index (κ1) is 12.7. The molecule has 0 saturated heterocycles. The zero-order valence-electron chi connectivity index (χ0n) is 9.07. The fourth-order valence-corrected chi connectivity index (χ4v) is 1.23. The maximum absolute atomic E-state index is 5.37. The molecule has 0 aliphatic carbocycles. The van der Waals surface area contributed by atoms with Gasteiger partial charge in [-0.1, -0.05) is 25.3 Å². The van der Waals surface area contributed by atoms with Crippen LogP contribution in [0, 0.1) is 6.92 Å². The normalized spacial score (nSPS) is 9.62. The molecule has 0 radical (unpaired) electrons. The van der Waals surface area contributed by atoms with Crippen molar-refractivity contribution in [1.29, 1.82) is 0 Å². The van der Waals surface area contributed by atoms with Gasteiger partial charge in [0.2, 0.25) is 5.88 Å². The number of hydrogen-bond acceptors (Lipinski definition) is 4. The minimum atomic E-state index is 0.277. The van der Waals surface area contributed by atoms with E-state index in [-0.39, 0.29) is 6.01 Å². The van der Waals surface area contributed by atoms with Gasteiger partial charge in [-0.15, -0.1) is 0 Å². The number of rotatable bonds is 6. The third-order valence-electron chi connectivity index (χ3n) is 1.63. The largest absolute Gasteiger partial charge is 0.472 e. The second-order valence-electron chi connectivity index (χ2n) is 2.91. The van der Waals surface area contributed by atoms with Gasteiger partial charge in [0.25, 0.3) is 0 Å². The van der Waals surface area contributed by atoms with Gasteiger partial charge in [0.15, 0.2) is 0 Å². The van der Waals surface area contributed by atoms with Crippen molar-refractivity contribution >= 4 is 15.9 Å². The maximum Gasteiger partial charge on any atom is 0.320 e. The molecule has 0 bridgehead atoms. The van der Waals surface area contributed by atoms with E-state index < -0.39 is 0 Å². The van der Waals surface area contributed by atoms with Crippen LogP contribution in [0.4, 0.5) is 0 Å². The summed E-state index contributed by atoms with van der Waals surface area (Å²) in [6.45, 7) is 9.71. The van der Waals surface area contributed by atoms with E-state index in [1.165, 1.54) is 0 Å². The van der Waals surface area contributed by atoms with Crippen LogP contribution < -0.4 is 9.47 Å². The molecule has 16 heavy (non-hydrogen) atoms. The van der Waals surface area contributed by atoms with Crippen molar-refractivity contribution in [1.82, 2.24) is 9.97 Å². The van der Waals surface area contributed by atoms with Gasteiger partial charge in [0.1, 0.15) is 17.7 Å². The van der Waals surface area contributed by atoms with Gasteiger partial charge in [-0.25, -0.2) is 0 Å². The highest BCUT2D eigenvalue weighted by molar-refractivity contribution is 9.10. The Morgan fingerprint density at radius 2 is 1.81 bits per heavy atom. The van der Waals surface area contributed by atoms with Crippen molar-refractivity contribution in [3.05, 3.63) is 35.5 Å². The number of ether oxygens (including phenoxy) is 2. The van der Waals surface area contributed by atoms with Crippen LogP contribution in [0.3, 0.4) is 0 Å². The Balaban J connectivity index is 2.91. The quantitative estimate of drug-likeness (QED) is 0.754. The van der Waals surface area contributed by atoms with E-state index in [0.717, 1.165) is 10.2 Å². The second kappa shape index (κ2) is 6.27. The number of aryl methyl sites for hydroxylation is 1. The van der Waals surface area contributed by atoms with E-state index in [2.05, 4.69) is 39.1 Å². The predicted molar refractivity (Wildman–Crippen MR) is 65.9 cm³/mol. The van der Waals surface area contributed by atoms with Crippen LogP contribution in [0.5, 0.6) is 11.9 Å². The summed E-state index contributed by atoms with van der Waals surface area (Å²) >= 11 is 3.35. The van der Waals surface area contributed by atoms with Crippen LogP contribution in [0.25, 0.3) is 0 Å². The molecule has 1 rings (SSSR count). The number of nitrogens with zero attached hydrogens (tertiary/aromatic N) is 2. The summed E-state index contributed by atoms with van der Waals surface area (Å²) in [5.41, 5.74) is 0.758. The molecule has 5 heteroatoms. The Morgan fingerprint density at radius 3 is 2.44 bits per heavy atom. The standard InChI is InChI=1S/C11H13BrN2O2/c1-4-6-15-10-9(12)8(3)13-11(14-10)16-7-5-2/h4-5H,1-2,6-7H2,3H3. The molecule has 1 aromatic heterocycles. The molecule has 86 valence electrons. The number of halogens is 1. The first-order chi connectivity index (χ1) is 7.69. The van der Waals surface area contributed by atoms with Gasteiger partial charge >= 0.3 is 6.01 Å². The molecule has 0 aliphatic heterocycles. The smallest absolute Gasteiger partial charge is 0.320 e. The predicted octanol–water partition coefficient (Wildman–Crippen LogP) is 2.68. The van der Waals surface area contributed by atoms with E-state index in [1.54, 1.807) is 12.2 Å². The van der Waals surface area contributed by atoms with Crippen LogP contribution in [-0.2, 0) is 0 Å². The summed E-state index contributed by atoms with van der Waals surface area (Å²) in [6.07, 6.45) is 3.28.